The van der Waals surface area contributed by atoms with Crippen LogP contribution in [-0.2, 0) is 10.0 Å². The van der Waals surface area contributed by atoms with Crippen LogP contribution in [0.15, 0.2) is 52.0 Å². The predicted molar refractivity (Wildman–Crippen MR) is 124 cm³/mol. The van der Waals surface area contributed by atoms with Crippen molar-refractivity contribution in [3.05, 3.63) is 48.2 Å². The molecular weight excluding hydrogens is 471 g/mol. The van der Waals surface area contributed by atoms with E-state index < -0.39 is 22.6 Å². The number of fused-ring (bicyclic) bond motifs is 1. The first kappa shape index (κ1) is 24.2. The van der Waals surface area contributed by atoms with Gasteiger partial charge in [0, 0.05) is 38.1 Å². The number of nitrogens with zero attached hydrogens (tertiary/aromatic N) is 2. The van der Waals surface area contributed by atoms with Crippen molar-refractivity contribution >= 4 is 32.4 Å². The first-order chi connectivity index (χ1) is 16.1. The van der Waals surface area contributed by atoms with E-state index in [1.807, 2.05) is 4.90 Å². The lowest BCUT2D eigenvalue weighted by Crippen LogP contribution is -2.47. The minimum atomic E-state index is -4.18. The maximum absolute atomic E-state index is 13.2. The normalized spacial score (nSPS) is 15.6. The number of rotatable bonds is 7. The summed E-state index contributed by atoms with van der Waals surface area (Å²) in [5, 5.41) is 0.714. The quantitative estimate of drug-likeness (QED) is 0.513. The number of hydrogen-bond donors (Lipinski definition) is 1. The summed E-state index contributed by atoms with van der Waals surface area (Å²) >= 11 is 0. The summed E-state index contributed by atoms with van der Waals surface area (Å²) in [6, 6.07) is 10.0. The second-order valence-corrected chi connectivity index (χ2v) is 9.94. The Hall–Kier alpha value is -2.92. The van der Waals surface area contributed by atoms with E-state index in [1.54, 1.807) is 48.2 Å². The van der Waals surface area contributed by atoms with Gasteiger partial charge >= 0.3 is 6.18 Å². The number of anilines is 2. The van der Waals surface area contributed by atoms with Gasteiger partial charge in [-0.05, 0) is 42.8 Å². The molecule has 0 atom stereocenters. The Balaban J connectivity index is 1.57. The molecule has 2 heterocycles. The number of halogens is 3. The zero-order valence-electron chi connectivity index (χ0n) is 18.9. The largest absolute Gasteiger partial charge is 0.495 e. The highest BCUT2D eigenvalue weighted by atomic mass is 32.2. The number of aryl methyl sites for hydroxylation is 1. The maximum Gasteiger partial charge on any atom is 0.390 e. The van der Waals surface area contributed by atoms with Crippen LogP contribution in [0.2, 0.25) is 0 Å². The molecule has 1 aliphatic rings. The lowest BCUT2D eigenvalue weighted by Gasteiger charge is -2.36. The monoisotopic (exact) mass is 497 g/mol. The number of nitrogens with one attached hydrogen (secondary N) is 1. The van der Waals surface area contributed by atoms with Gasteiger partial charge in [0.1, 0.15) is 10.6 Å². The van der Waals surface area contributed by atoms with Crippen LogP contribution in [0.4, 0.5) is 24.5 Å². The van der Waals surface area contributed by atoms with Gasteiger partial charge in [0.25, 0.3) is 10.0 Å². The Morgan fingerprint density at radius 1 is 1.09 bits per heavy atom. The van der Waals surface area contributed by atoms with Crippen molar-refractivity contribution in [2.75, 3.05) is 49.5 Å². The molecule has 1 aromatic heterocycles. The van der Waals surface area contributed by atoms with E-state index in [-0.39, 0.29) is 17.2 Å². The highest BCUT2D eigenvalue weighted by Gasteiger charge is 2.29. The number of methoxy groups -OCH3 is 1. The maximum atomic E-state index is 13.2. The summed E-state index contributed by atoms with van der Waals surface area (Å²) in [5.74, 6) is 0.234. The molecule has 0 radical (unpaired) electrons. The van der Waals surface area contributed by atoms with Crippen LogP contribution in [0, 0.1) is 6.92 Å². The van der Waals surface area contributed by atoms with Crippen molar-refractivity contribution in [2.45, 2.75) is 24.4 Å². The molecule has 1 aliphatic heterocycles. The van der Waals surface area contributed by atoms with E-state index in [4.69, 9.17) is 9.15 Å². The van der Waals surface area contributed by atoms with Gasteiger partial charge in [-0.25, -0.2) is 8.42 Å². The molecule has 1 fully saturated rings. The Kier molecular flexibility index (Phi) is 6.68. The number of alkyl halides is 3. The Bertz CT molecular complexity index is 1270. The van der Waals surface area contributed by atoms with Crippen LogP contribution in [0.25, 0.3) is 11.0 Å². The van der Waals surface area contributed by atoms with Crippen molar-refractivity contribution in [3.63, 3.8) is 0 Å². The fraction of sp³-hybridized carbons (Fsp3) is 0.391. The molecule has 1 N–H and O–H groups in total. The number of ether oxygens (including phenoxy) is 1. The van der Waals surface area contributed by atoms with Gasteiger partial charge in [0.15, 0.2) is 5.58 Å². The molecule has 3 aromatic rings. The summed E-state index contributed by atoms with van der Waals surface area (Å²) in [7, 11) is -2.54. The summed E-state index contributed by atoms with van der Waals surface area (Å²) in [5.41, 5.74) is 2.41. The highest BCUT2D eigenvalue weighted by Crippen LogP contribution is 2.34. The number of furan rings is 1. The fourth-order valence-electron chi connectivity index (χ4n) is 4.06. The lowest BCUT2D eigenvalue weighted by molar-refractivity contribution is -0.138. The number of benzene rings is 2. The van der Waals surface area contributed by atoms with Crippen LogP contribution in [0.1, 0.15) is 12.0 Å². The van der Waals surface area contributed by atoms with E-state index in [0.29, 0.717) is 48.5 Å². The molecule has 34 heavy (non-hydrogen) atoms. The molecule has 184 valence electrons. The molecule has 4 rings (SSSR count). The van der Waals surface area contributed by atoms with Crippen LogP contribution in [0.5, 0.6) is 5.75 Å². The highest BCUT2D eigenvalue weighted by molar-refractivity contribution is 7.92. The molecule has 0 unspecified atom stereocenters. The van der Waals surface area contributed by atoms with Crippen LogP contribution in [0.3, 0.4) is 0 Å². The van der Waals surface area contributed by atoms with Gasteiger partial charge in [-0.3, -0.25) is 9.62 Å². The van der Waals surface area contributed by atoms with Crippen molar-refractivity contribution in [1.82, 2.24) is 4.90 Å². The van der Waals surface area contributed by atoms with Crippen molar-refractivity contribution in [3.8, 4) is 5.75 Å². The molecule has 2 aromatic carbocycles. The van der Waals surface area contributed by atoms with Crippen molar-refractivity contribution < 1.29 is 30.7 Å². The van der Waals surface area contributed by atoms with Gasteiger partial charge in [-0.15, -0.1) is 0 Å². The third kappa shape index (κ3) is 5.41. The zero-order valence-corrected chi connectivity index (χ0v) is 19.7. The molecule has 0 saturated carbocycles. The SMILES string of the molecule is COc1ccc(C)cc1S(=O)(=O)Nc1cc(N2CCN(CCC(F)(F)F)CC2)c2occc2c1. The molecule has 11 heteroatoms. The second kappa shape index (κ2) is 9.38. The zero-order chi connectivity index (χ0) is 24.5. The van der Waals surface area contributed by atoms with Gasteiger partial charge in [-0.2, -0.15) is 13.2 Å². The van der Waals surface area contributed by atoms with E-state index >= 15 is 0 Å². The topological polar surface area (TPSA) is 75.0 Å². The predicted octanol–water partition coefficient (Wildman–Crippen LogP) is 4.63. The fourth-order valence-corrected chi connectivity index (χ4v) is 5.35. The third-order valence-electron chi connectivity index (χ3n) is 5.82. The van der Waals surface area contributed by atoms with Crippen molar-refractivity contribution in [2.24, 2.45) is 0 Å². The second-order valence-electron chi connectivity index (χ2n) is 8.29. The number of hydrogen-bond acceptors (Lipinski definition) is 6. The Morgan fingerprint density at radius 2 is 1.82 bits per heavy atom. The first-order valence-corrected chi connectivity index (χ1v) is 12.3. The smallest absolute Gasteiger partial charge is 0.390 e. The number of sulfonamides is 1. The van der Waals surface area contributed by atoms with Gasteiger partial charge < -0.3 is 14.1 Å². The average molecular weight is 498 g/mol. The summed E-state index contributed by atoms with van der Waals surface area (Å²) < 4.78 is 77.5. The molecule has 0 aliphatic carbocycles. The van der Waals surface area contributed by atoms with Crippen LogP contribution < -0.4 is 14.4 Å². The summed E-state index contributed by atoms with van der Waals surface area (Å²) in [4.78, 5) is 3.81. The molecule has 0 spiro atoms. The first-order valence-electron chi connectivity index (χ1n) is 10.8. The summed E-state index contributed by atoms with van der Waals surface area (Å²) in [6.07, 6.45) is -3.49. The van der Waals surface area contributed by atoms with Gasteiger partial charge in [-0.1, -0.05) is 6.07 Å². The van der Waals surface area contributed by atoms with Crippen LogP contribution in [-0.4, -0.2) is 59.3 Å². The lowest BCUT2D eigenvalue weighted by atomic mass is 10.1. The summed E-state index contributed by atoms with van der Waals surface area (Å²) in [6.45, 7) is 3.68. The molecule has 0 bridgehead atoms. The molecule has 1 saturated heterocycles. The van der Waals surface area contributed by atoms with E-state index in [2.05, 4.69) is 4.72 Å². The Morgan fingerprint density at radius 3 is 2.50 bits per heavy atom. The van der Waals surface area contributed by atoms with Gasteiger partial charge in [0.2, 0.25) is 0 Å². The third-order valence-corrected chi connectivity index (χ3v) is 7.22. The van der Waals surface area contributed by atoms with Crippen molar-refractivity contribution in [1.29, 1.82) is 0 Å². The molecule has 7 nitrogen and oxygen atoms in total. The molecule has 0 amide bonds. The van der Waals surface area contributed by atoms with Crippen LogP contribution >= 0.6 is 0 Å². The Labute approximate surface area is 196 Å². The van der Waals surface area contributed by atoms with E-state index in [9.17, 15) is 21.6 Å². The van der Waals surface area contributed by atoms with Gasteiger partial charge in [0.05, 0.1) is 31.2 Å². The van der Waals surface area contributed by atoms with E-state index in [1.165, 1.54) is 13.4 Å². The standard InChI is InChI=1S/C23H26F3N3O4S/c1-16-3-4-20(32-2)21(13-16)34(30,31)27-18-14-17-5-12-33-22(17)19(15-18)29-10-8-28(9-11-29)7-6-23(24,25)26/h3-5,12-15,27H,6-11H2,1-2H3. The number of piperazine rings is 1. The minimum absolute atomic E-state index is 0.0297. The van der Waals surface area contributed by atoms with E-state index in [0.717, 1.165) is 5.56 Å². The molecular formula is C23H26F3N3O4S. The minimum Gasteiger partial charge on any atom is -0.495 e. The average Bonchev–Trinajstić information content (AvgIpc) is 3.25.